The zero-order valence-corrected chi connectivity index (χ0v) is 19.8. The highest BCUT2D eigenvalue weighted by Gasteiger charge is 2.31. The molecule has 1 aliphatic carbocycles. The standard InChI is InChI=1S/C24H27FN4O3S/c1-4-28(14-16-9-12-20(31-2)21(13-16)32-3)22(30)15-33-24-27-26-23(29(24)17-10-11-17)18-7-5-6-8-19(18)25/h5-9,12-13,17H,4,10-11,14-15H2,1-3H3. The van der Waals surface area contributed by atoms with Gasteiger partial charge in [0.05, 0.1) is 25.5 Å². The van der Waals surface area contributed by atoms with E-state index in [1.807, 2.05) is 29.7 Å². The number of hydrogen-bond acceptors (Lipinski definition) is 6. The zero-order chi connectivity index (χ0) is 23.4. The third-order valence-electron chi connectivity index (χ3n) is 5.57. The number of rotatable bonds is 10. The number of ether oxygens (including phenoxy) is 2. The molecular formula is C24H27FN4O3S. The van der Waals surface area contributed by atoms with Crippen molar-refractivity contribution in [2.45, 2.75) is 37.5 Å². The van der Waals surface area contributed by atoms with Crippen LogP contribution >= 0.6 is 11.8 Å². The Morgan fingerprint density at radius 2 is 1.91 bits per heavy atom. The van der Waals surface area contributed by atoms with Crippen molar-refractivity contribution in [1.29, 1.82) is 0 Å². The fourth-order valence-electron chi connectivity index (χ4n) is 3.66. The van der Waals surface area contributed by atoms with Gasteiger partial charge < -0.3 is 14.4 Å². The third kappa shape index (κ3) is 5.13. The topological polar surface area (TPSA) is 69.5 Å². The molecule has 0 unspecified atom stereocenters. The minimum Gasteiger partial charge on any atom is -0.493 e. The van der Waals surface area contributed by atoms with E-state index in [1.165, 1.54) is 17.8 Å². The van der Waals surface area contributed by atoms with Crippen LogP contribution < -0.4 is 9.47 Å². The number of aromatic nitrogens is 3. The minimum atomic E-state index is -0.327. The molecule has 33 heavy (non-hydrogen) atoms. The fourth-order valence-corrected chi connectivity index (χ4v) is 4.57. The Labute approximate surface area is 196 Å². The van der Waals surface area contributed by atoms with Gasteiger partial charge in [-0.2, -0.15) is 0 Å². The van der Waals surface area contributed by atoms with E-state index in [9.17, 15) is 9.18 Å². The molecule has 1 aromatic heterocycles. The molecule has 1 heterocycles. The average Bonchev–Trinajstić information content (AvgIpc) is 3.60. The monoisotopic (exact) mass is 470 g/mol. The van der Waals surface area contributed by atoms with Crippen LogP contribution in [0.4, 0.5) is 4.39 Å². The molecule has 2 aromatic carbocycles. The number of nitrogens with zero attached hydrogens (tertiary/aromatic N) is 4. The molecule has 1 aliphatic rings. The molecule has 3 aromatic rings. The van der Waals surface area contributed by atoms with E-state index < -0.39 is 0 Å². The molecule has 0 bridgehead atoms. The highest BCUT2D eigenvalue weighted by Crippen LogP contribution is 2.41. The molecule has 174 valence electrons. The largest absolute Gasteiger partial charge is 0.493 e. The van der Waals surface area contributed by atoms with Gasteiger partial charge in [0.15, 0.2) is 22.5 Å². The molecule has 0 spiro atoms. The molecular weight excluding hydrogens is 443 g/mol. The molecule has 1 amide bonds. The maximum Gasteiger partial charge on any atom is 0.233 e. The number of methoxy groups -OCH3 is 2. The summed E-state index contributed by atoms with van der Waals surface area (Å²) in [6, 6.07) is 12.5. The molecule has 0 aliphatic heterocycles. The lowest BCUT2D eigenvalue weighted by molar-refractivity contribution is -0.128. The van der Waals surface area contributed by atoms with Crippen molar-refractivity contribution < 1.29 is 18.7 Å². The van der Waals surface area contributed by atoms with Crippen molar-refractivity contribution in [3.8, 4) is 22.9 Å². The van der Waals surface area contributed by atoms with Crippen LogP contribution in [0.25, 0.3) is 11.4 Å². The first-order valence-corrected chi connectivity index (χ1v) is 11.9. The van der Waals surface area contributed by atoms with Crippen molar-refractivity contribution >= 4 is 17.7 Å². The summed E-state index contributed by atoms with van der Waals surface area (Å²) in [5, 5.41) is 9.19. The smallest absolute Gasteiger partial charge is 0.233 e. The molecule has 0 saturated heterocycles. The Bertz CT molecular complexity index is 1130. The Kier molecular flexibility index (Phi) is 7.17. The SMILES string of the molecule is CCN(Cc1ccc(OC)c(OC)c1)C(=O)CSc1nnc(-c2ccccc2F)n1C1CC1. The van der Waals surface area contributed by atoms with Crippen molar-refractivity contribution in [1.82, 2.24) is 19.7 Å². The van der Waals surface area contributed by atoms with Gasteiger partial charge in [-0.1, -0.05) is 30.0 Å². The van der Waals surface area contributed by atoms with Crippen molar-refractivity contribution in [3.63, 3.8) is 0 Å². The molecule has 1 fully saturated rings. The van der Waals surface area contributed by atoms with Crippen LogP contribution in [0.1, 0.15) is 31.4 Å². The lowest BCUT2D eigenvalue weighted by Gasteiger charge is -2.21. The van der Waals surface area contributed by atoms with Gasteiger partial charge in [0.1, 0.15) is 5.82 Å². The fraction of sp³-hybridized carbons (Fsp3) is 0.375. The van der Waals surface area contributed by atoms with Gasteiger partial charge in [-0.25, -0.2) is 4.39 Å². The number of carbonyl (C=O) groups excluding carboxylic acids is 1. The minimum absolute atomic E-state index is 0.00456. The first-order chi connectivity index (χ1) is 16.0. The second-order valence-corrected chi connectivity index (χ2v) is 8.72. The summed E-state index contributed by atoms with van der Waals surface area (Å²) in [6.07, 6.45) is 2.00. The summed E-state index contributed by atoms with van der Waals surface area (Å²) >= 11 is 1.34. The quantitative estimate of drug-likeness (QED) is 0.404. The molecule has 9 heteroatoms. The van der Waals surface area contributed by atoms with Gasteiger partial charge >= 0.3 is 0 Å². The number of hydrogen-bond donors (Lipinski definition) is 0. The predicted molar refractivity (Wildman–Crippen MR) is 125 cm³/mol. The van der Waals surface area contributed by atoms with Gasteiger partial charge in [-0.3, -0.25) is 9.36 Å². The maximum atomic E-state index is 14.4. The number of amides is 1. The number of thioether (sulfide) groups is 1. The lowest BCUT2D eigenvalue weighted by atomic mass is 10.2. The van der Waals surface area contributed by atoms with Gasteiger partial charge in [-0.05, 0) is 49.6 Å². The first-order valence-electron chi connectivity index (χ1n) is 10.9. The second kappa shape index (κ2) is 10.2. The van der Waals surface area contributed by atoms with E-state index >= 15 is 0 Å². The van der Waals surface area contributed by atoms with Crippen LogP contribution in [-0.2, 0) is 11.3 Å². The average molecular weight is 471 g/mol. The summed E-state index contributed by atoms with van der Waals surface area (Å²) in [6.45, 7) is 2.99. The van der Waals surface area contributed by atoms with E-state index in [-0.39, 0.29) is 23.5 Å². The molecule has 7 nitrogen and oxygen atoms in total. The highest BCUT2D eigenvalue weighted by molar-refractivity contribution is 7.99. The third-order valence-corrected chi connectivity index (χ3v) is 6.50. The van der Waals surface area contributed by atoms with Crippen molar-refractivity contribution in [3.05, 3.63) is 53.8 Å². The summed E-state index contributed by atoms with van der Waals surface area (Å²) in [5.74, 6) is 1.69. The van der Waals surface area contributed by atoms with Crippen molar-refractivity contribution in [2.24, 2.45) is 0 Å². The molecule has 1 saturated carbocycles. The highest BCUT2D eigenvalue weighted by atomic mass is 32.2. The predicted octanol–water partition coefficient (Wildman–Crippen LogP) is 4.58. The van der Waals surface area contributed by atoms with Gasteiger partial charge in [0, 0.05) is 19.1 Å². The number of benzene rings is 2. The molecule has 0 N–H and O–H groups in total. The van der Waals surface area contributed by atoms with E-state index in [0.29, 0.717) is 41.1 Å². The van der Waals surface area contributed by atoms with Crippen molar-refractivity contribution in [2.75, 3.05) is 26.5 Å². The first kappa shape index (κ1) is 23.1. The number of halogens is 1. The number of carbonyl (C=O) groups is 1. The zero-order valence-electron chi connectivity index (χ0n) is 19.0. The Morgan fingerprint density at radius 1 is 1.15 bits per heavy atom. The summed E-state index contributed by atoms with van der Waals surface area (Å²) < 4.78 is 27.0. The van der Waals surface area contributed by atoms with E-state index in [4.69, 9.17) is 9.47 Å². The Balaban J connectivity index is 1.46. The summed E-state index contributed by atoms with van der Waals surface area (Å²) in [4.78, 5) is 14.8. The van der Waals surface area contributed by atoms with E-state index in [2.05, 4.69) is 10.2 Å². The van der Waals surface area contributed by atoms with Gasteiger partial charge in [0.2, 0.25) is 5.91 Å². The van der Waals surface area contributed by atoms with Crippen LogP contribution in [0, 0.1) is 5.82 Å². The van der Waals surface area contributed by atoms with E-state index in [1.54, 1.807) is 37.3 Å². The van der Waals surface area contributed by atoms with Crippen LogP contribution in [0.5, 0.6) is 11.5 Å². The van der Waals surface area contributed by atoms with Crippen LogP contribution in [0.2, 0.25) is 0 Å². The maximum absolute atomic E-state index is 14.4. The molecule has 0 atom stereocenters. The van der Waals surface area contributed by atoms with Crippen LogP contribution in [-0.4, -0.2) is 52.1 Å². The van der Waals surface area contributed by atoms with Crippen LogP contribution in [0.15, 0.2) is 47.6 Å². The normalized spacial score (nSPS) is 13.1. The van der Waals surface area contributed by atoms with E-state index in [0.717, 1.165) is 18.4 Å². The molecule has 0 radical (unpaired) electrons. The van der Waals surface area contributed by atoms with Gasteiger partial charge in [-0.15, -0.1) is 10.2 Å². The second-order valence-electron chi connectivity index (χ2n) is 7.77. The molecule has 4 rings (SSSR count). The Morgan fingerprint density at radius 3 is 2.58 bits per heavy atom. The Hall–Kier alpha value is -3.07. The van der Waals surface area contributed by atoms with Gasteiger partial charge in [0.25, 0.3) is 0 Å². The van der Waals surface area contributed by atoms with Crippen LogP contribution in [0.3, 0.4) is 0 Å². The summed E-state index contributed by atoms with van der Waals surface area (Å²) in [5.41, 5.74) is 1.38. The lowest BCUT2D eigenvalue weighted by Crippen LogP contribution is -2.31. The summed E-state index contributed by atoms with van der Waals surface area (Å²) in [7, 11) is 3.18.